The van der Waals surface area contributed by atoms with Crippen molar-refractivity contribution in [1.29, 1.82) is 0 Å². The number of likely N-dealkylation sites (tertiary alicyclic amines) is 1. The second-order valence-corrected chi connectivity index (χ2v) is 4.46. The fraction of sp³-hybridized carbons (Fsp3) is 0.909. The van der Waals surface area contributed by atoms with E-state index in [0.717, 1.165) is 13.1 Å². The first-order chi connectivity index (χ1) is 7.15. The number of nitrogens with one attached hydrogen (secondary N) is 1. The lowest BCUT2D eigenvalue weighted by molar-refractivity contribution is -0.138. The van der Waals surface area contributed by atoms with Crippen LogP contribution in [0.2, 0.25) is 0 Å². The van der Waals surface area contributed by atoms with Crippen LogP contribution in [0.5, 0.6) is 0 Å². The van der Waals surface area contributed by atoms with Gasteiger partial charge >= 0.3 is 5.97 Å². The number of rotatable bonds is 5. The molecule has 1 aliphatic heterocycles. The summed E-state index contributed by atoms with van der Waals surface area (Å²) in [5, 5.41) is 12.0. The third-order valence-corrected chi connectivity index (χ3v) is 3.08. The van der Waals surface area contributed by atoms with E-state index in [9.17, 15) is 4.79 Å². The fourth-order valence-corrected chi connectivity index (χ4v) is 2.45. The SMILES string of the molecule is CCCC1CC(NC)CN(CC(=O)O)C1. The first-order valence-corrected chi connectivity index (χ1v) is 5.77. The molecule has 88 valence electrons. The van der Waals surface area contributed by atoms with Crippen molar-refractivity contribution >= 4 is 5.97 Å². The molecule has 1 heterocycles. The number of carboxylic acids is 1. The predicted molar refractivity (Wildman–Crippen MR) is 59.9 cm³/mol. The van der Waals surface area contributed by atoms with Crippen LogP contribution < -0.4 is 5.32 Å². The Morgan fingerprint density at radius 2 is 2.27 bits per heavy atom. The number of nitrogens with zero attached hydrogens (tertiary/aromatic N) is 1. The zero-order valence-corrected chi connectivity index (χ0v) is 9.70. The van der Waals surface area contributed by atoms with E-state index in [-0.39, 0.29) is 6.54 Å². The van der Waals surface area contributed by atoms with Crippen molar-refractivity contribution in [3.63, 3.8) is 0 Å². The zero-order valence-electron chi connectivity index (χ0n) is 9.70. The van der Waals surface area contributed by atoms with Gasteiger partial charge in [0, 0.05) is 19.1 Å². The highest BCUT2D eigenvalue weighted by Crippen LogP contribution is 2.20. The number of carbonyl (C=O) groups is 1. The minimum atomic E-state index is -0.720. The van der Waals surface area contributed by atoms with E-state index in [4.69, 9.17) is 5.11 Å². The van der Waals surface area contributed by atoms with E-state index in [1.165, 1.54) is 19.3 Å². The van der Waals surface area contributed by atoms with Crippen LogP contribution >= 0.6 is 0 Å². The predicted octanol–water partition coefficient (Wildman–Crippen LogP) is 0.781. The standard InChI is InChI=1S/C11H22N2O2/c1-3-4-9-5-10(12-2)7-13(6-9)8-11(14)15/h9-10,12H,3-8H2,1-2H3,(H,14,15). The Kier molecular flexibility index (Phi) is 5.05. The average Bonchev–Trinajstić information content (AvgIpc) is 2.16. The Bertz CT molecular complexity index is 209. The topological polar surface area (TPSA) is 52.6 Å². The lowest BCUT2D eigenvalue weighted by atomic mass is 9.90. The molecule has 1 fully saturated rings. The van der Waals surface area contributed by atoms with Crippen molar-refractivity contribution in [2.24, 2.45) is 5.92 Å². The van der Waals surface area contributed by atoms with Gasteiger partial charge in [-0.25, -0.2) is 0 Å². The van der Waals surface area contributed by atoms with Crippen molar-refractivity contribution in [2.75, 3.05) is 26.7 Å². The van der Waals surface area contributed by atoms with E-state index in [0.29, 0.717) is 12.0 Å². The number of likely N-dealkylation sites (N-methyl/N-ethyl adjacent to an activating group) is 1. The summed E-state index contributed by atoms with van der Waals surface area (Å²) in [6.45, 7) is 4.17. The van der Waals surface area contributed by atoms with Crippen LogP contribution in [-0.2, 0) is 4.79 Å². The maximum Gasteiger partial charge on any atom is 0.317 e. The summed E-state index contributed by atoms with van der Waals surface area (Å²) in [4.78, 5) is 12.7. The normalized spacial score (nSPS) is 27.9. The molecule has 2 unspecified atom stereocenters. The molecule has 1 saturated heterocycles. The molecule has 15 heavy (non-hydrogen) atoms. The third-order valence-electron chi connectivity index (χ3n) is 3.08. The second kappa shape index (κ2) is 6.08. The number of hydrogen-bond acceptors (Lipinski definition) is 3. The first-order valence-electron chi connectivity index (χ1n) is 5.77. The first kappa shape index (κ1) is 12.5. The molecular formula is C11H22N2O2. The van der Waals surface area contributed by atoms with Crippen molar-refractivity contribution in [3.8, 4) is 0 Å². The summed E-state index contributed by atoms with van der Waals surface area (Å²) in [5.74, 6) is -0.0671. The van der Waals surface area contributed by atoms with Gasteiger partial charge in [0.1, 0.15) is 0 Å². The Balaban J connectivity index is 2.46. The molecule has 2 atom stereocenters. The highest BCUT2D eigenvalue weighted by Gasteiger charge is 2.26. The van der Waals surface area contributed by atoms with Crippen LogP contribution in [0.3, 0.4) is 0 Å². The van der Waals surface area contributed by atoms with E-state index < -0.39 is 5.97 Å². The minimum Gasteiger partial charge on any atom is -0.480 e. The van der Waals surface area contributed by atoms with Crippen molar-refractivity contribution in [2.45, 2.75) is 32.2 Å². The summed E-state index contributed by atoms with van der Waals surface area (Å²) in [7, 11) is 1.96. The molecule has 1 rings (SSSR count). The summed E-state index contributed by atoms with van der Waals surface area (Å²) in [6, 6.07) is 0.453. The van der Waals surface area contributed by atoms with E-state index in [1.807, 2.05) is 11.9 Å². The minimum absolute atomic E-state index is 0.179. The van der Waals surface area contributed by atoms with Gasteiger partial charge in [-0.05, 0) is 25.8 Å². The van der Waals surface area contributed by atoms with Gasteiger partial charge in [-0.2, -0.15) is 0 Å². The van der Waals surface area contributed by atoms with Crippen molar-refractivity contribution < 1.29 is 9.90 Å². The second-order valence-electron chi connectivity index (χ2n) is 4.46. The molecule has 0 bridgehead atoms. The van der Waals surface area contributed by atoms with Crippen molar-refractivity contribution in [1.82, 2.24) is 10.2 Å². The van der Waals surface area contributed by atoms with Gasteiger partial charge in [-0.3, -0.25) is 9.69 Å². The molecule has 0 aromatic heterocycles. The summed E-state index contributed by atoms with van der Waals surface area (Å²) in [5.41, 5.74) is 0. The summed E-state index contributed by atoms with van der Waals surface area (Å²) in [6.07, 6.45) is 3.57. The summed E-state index contributed by atoms with van der Waals surface area (Å²) >= 11 is 0. The number of hydrogen-bond donors (Lipinski definition) is 2. The molecule has 2 N–H and O–H groups in total. The van der Waals surface area contributed by atoms with Crippen LogP contribution in [0.1, 0.15) is 26.2 Å². The van der Waals surface area contributed by atoms with Crippen LogP contribution in [0, 0.1) is 5.92 Å². The van der Waals surface area contributed by atoms with Gasteiger partial charge in [0.2, 0.25) is 0 Å². The molecule has 0 spiro atoms. The van der Waals surface area contributed by atoms with Gasteiger partial charge in [0.15, 0.2) is 0 Å². The van der Waals surface area contributed by atoms with Gasteiger partial charge in [0.25, 0.3) is 0 Å². The van der Waals surface area contributed by atoms with Gasteiger partial charge in [0.05, 0.1) is 6.54 Å². The number of piperidine rings is 1. The Morgan fingerprint density at radius 3 is 2.80 bits per heavy atom. The van der Waals surface area contributed by atoms with Crippen LogP contribution in [-0.4, -0.2) is 48.7 Å². The van der Waals surface area contributed by atoms with Gasteiger partial charge in [-0.15, -0.1) is 0 Å². The molecule has 4 heteroatoms. The number of carboxylic acid groups (broad SMARTS) is 1. The molecule has 1 aliphatic rings. The molecule has 0 aromatic rings. The van der Waals surface area contributed by atoms with Crippen LogP contribution in [0.4, 0.5) is 0 Å². The molecule has 0 aliphatic carbocycles. The largest absolute Gasteiger partial charge is 0.480 e. The average molecular weight is 214 g/mol. The summed E-state index contributed by atoms with van der Waals surface area (Å²) < 4.78 is 0. The van der Waals surface area contributed by atoms with Crippen LogP contribution in [0.15, 0.2) is 0 Å². The monoisotopic (exact) mass is 214 g/mol. The quantitative estimate of drug-likeness (QED) is 0.710. The van der Waals surface area contributed by atoms with E-state index in [2.05, 4.69) is 12.2 Å². The highest BCUT2D eigenvalue weighted by molar-refractivity contribution is 5.69. The van der Waals surface area contributed by atoms with E-state index >= 15 is 0 Å². The van der Waals surface area contributed by atoms with Crippen molar-refractivity contribution in [3.05, 3.63) is 0 Å². The molecule has 4 nitrogen and oxygen atoms in total. The molecule has 0 aromatic carbocycles. The zero-order chi connectivity index (χ0) is 11.3. The smallest absolute Gasteiger partial charge is 0.317 e. The van der Waals surface area contributed by atoms with Crippen LogP contribution in [0.25, 0.3) is 0 Å². The van der Waals surface area contributed by atoms with Gasteiger partial charge < -0.3 is 10.4 Å². The lowest BCUT2D eigenvalue weighted by Gasteiger charge is -2.36. The maximum absolute atomic E-state index is 10.7. The Morgan fingerprint density at radius 1 is 1.53 bits per heavy atom. The Hall–Kier alpha value is -0.610. The molecule has 0 radical (unpaired) electrons. The lowest BCUT2D eigenvalue weighted by Crippen LogP contribution is -2.49. The number of aliphatic carboxylic acids is 1. The fourth-order valence-electron chi connectivity index (χ4n) is 2.45. The molecule has 0 saturated carbocycles. The highest BCUT2D eigenvalue weighted by atomic mass is 16.4. The van der Waals surface area contributed by atoms with Gasteiger partial charge in [-0.1, -0.05) is 13.3 Å². The van der Waals surface area contributed by atoms with E-state index in [1.54, 1.807) is 0 Å². The molecular weight excluding hydrogens is 192 g/mol. The Labute approximate surface area is 91.6 Å². The molecule has 0 amide bonds. The third kappa shape index (κ3) is 4.18. The maximum atomic E-state index is 10.7.